The van der Waals surface area contributed by atoms with Crippen molar-refractivity contribution in [2.24, 2.45) is 0 Å². The maximum Gasteiger partial charge on any atom is 0.336 e. The molecular weight excluding hydrogens is 442 g/mol. The molecule has 0 saturated carbocycles. The molecule has 1 fully saturated rings. The number of carbonyl (C=O) groups is 1. The molecule has 0 radical (unpaired) electrons. The summed E-state index contributed by atoms with van der Waals surface area (Å²) in [5.41, 5.74) is 2.13. The van der Waals surface area contributed by atoms with Crippen molar-refractivity contribution in [2.45, 2.75) is 31.1 Å². The van der Waals surface area contributed by atoms with Crippen LogP contribution in [-0.4, -0.2) is 45.8 Å². The van der Waals surface area contributed by atoms with Crippen LogP contribution in [0.1, 0.15) is 35.2 Å². The number of hydrogen-bond donors (Lipinski definition) is 1. The van der Waals surface area contributed by atoms with E-state index >= 15 is 0 Å². The number of carbonyl (C=O) groups excluding carboxylic acids is 1. The van der Waals surface area contributed by atoms with Crippen LogP contribution in [0.3, 0.4) is 0 Å². The van der Waals surface area contributed by atoms with Crippen molar-refractivity contribution in [3.8, 4) is 0 Å². The summed E-state index contributed by atoms with van der Waals surface area (Å²) in [5.74, 6) is -0.430. The Kier molecular flexibility index (Phi) is 6.27. The van der Waals surface area contributed by atoms with Crippen molar-refractivity contribution in [2.75, 3.05) is 37.4 Å². The average molecular weight is 470 g/mol. The maximum absolute atomic E-state index is 13.4. The Morgan fingerprint density at radius 3 is 2.45 bits per heavy atom. The van der Waals surface area contributed by atoms with Gasteiger partial charge in [0.1, 0.15) is 5.58 Å². The number of amides is 1. The molecule has 9 heteroatoms. The van der Waals surface area contributed by atoms with Crippen LogP contribution in [0.5, 0.6) is 0 Å². The van der Waals surface area contributed by atoms with Gasteiger partial charge in [0.15, 0.2) is 0 Å². The molecule has 33 heavy (non-hydrogen) atoms. The normalized spacial score (nSPS) is 14.6. The monoisotopic (exact) mass is 469 g/mol. The van der Waals surface area contributed by atoms with E-state index in [0.717, 1.165) is 47.6 Å². The van der Waals surface area contributed by atoms with Crippen LogP contribution in [0, 0.1) is 6.92 Å². The zero-order valence-corrected chi connectivity index (χ0v) is 19.7. The van der Waals surface area contributed by atoms with Crippen molar-refractivity contribution in [3.63, 3.8) is 0 Å². The molecule has 2 heterocycles. The summed E-state index contributed by atoms with van der Waals surface area (Å²) in [7, 11) is -0.793. The van der Waals surface area contributed by atoms with Crippen LogP contribution < -0.4 is 15.8 Å². The van der Waals surface area contributed by atoms with Gasteiger partial charge in [-0.3, -0.25) is 4.79 Å². The number of nitrogens with zero attached hydrogens (tertiary/aromatic N) is 2. The second-order valence-electron chi connectivity index (χ2n) is 8.43. The highest BCUT2D eigenvalue weighted by Gasteiger charge is 2.24. The summed E-state index contributed by atoms with van der Waals surface area (Å²) in [4.78, 5) is 27.3. The number of rotatable bonds is 5. The number of nitrogens with one attached hydrogen (secondary N) is 1. The van der Waals surface area contributed by atoms with Crippen molar-refractivity contribution in [3.05, 3.63) is 64.0 Å². The number of sulfonamides is 1. The fourth-order valence-electron chi connectivity index (χ4n) is 4.08. The average Bonchev–Trinajstić information content (AvgIpc) is 2.78. The molecule has 1 amide bonds. The summed E-state index contributed by atoms with van der Waals surface area (Å²) in [5, 5.41) is 3.62. The van der Waals surface area contributed by atoms with E-state index in [0.29, 0.717) is 17.0 Å². The first kappa shape index (κ1) is 23.0. The Morgan fingerprint density at radius 2 is 1.76 bits per heavy atom. The summed E-state index contributed by atoms with van der Waals surface area (Å²) in [6, 6.07) is 11.2. The van der Waals surface area contributed by atoms with Crippen molar-refractivity contribution in [1.29, 1.82) is 0 Å². The fraction of sp³-hybridized carbons (Fsp3) is 0.333. The lowest BCUT2D eigenvalue weighted by Gasteiger charge is -2.30. The molecule has 2 aromatic carbocycles. The lowest BCUT2D eigenvalue weighted by atomic mass is 10.1. The van der Waals surface area contributed by atoms with Gasteiger partial charge in [0.25, 0.3) is 5.91 Å². The van der Waals surface area contributed by atoms with Crippen LogP contribution >= 0.6 is 0 Å². The highest BCUT2D eigenvalue weighted by molar-refractivity contribution is 7.89. The number of benzene rings is 2. The number of hydrogen-bond acceptors (Lipinski definition) is 6. The van der Waals surface area contributed by atoms with Gasteiger partial charge in [-0.05, 0) is 62.1 Å². The van der Waals surface area contributed by atoms with Crippen molar-refractivity contribution >= 4 is 38.3 Å². The van der Waals surface area contributed by atoms with Crippen molar-refractivity contribution in [1.82, 2.24) is 4.31 Å². The second-order valence-corrected chi connectivity index (χ2v) is 10.6. The largest absolute Gasteiger partial charge is 0.423 e. The molecule has 0 unspecified atom stereocenters. The van der Waals surface area contributed by atoms with E-state index in [1.807, 2.05) is 6.92 Å². The lowest BCUT2D eigenvalue weighted by molar-refractivity contribution is 0.102. The molecule has 8 nitrogen and oxygen atoms in total. The minimum atomic E-state index is -3.71. The molecule has 1 aromatic heterocycles. The third-order valence-electron chi connectivity index (χ3n) is 5.90. The molecule has 1 aliphatic heterocycles. The van der Waals surface area contributed by atoms with E-state index in [-0.39, 0.29) is 10.5 Å². The zero-order valence-electron chi connectivity index (χ0n) is 18.9. The van der Waals surface area contributed by atoms with E-state index in [4.69, 9.17) is 4.42 Å². The predicted octanol–water partition coefficient (Wildman–Crippen LogP) is 3.59. The Morgan fingerprint density at radius 1 is 1.03 bits per heavy atom. The number of piperidine rings is 1. The topological polar surface area (TPSA) is 99.9 Å². The molecule has 0 spiro atoms. The van der Waals surface area contributed by atoms with Gasteiger partial charge < -0.3 is 14.6 Å². The van der Waals surface area contributed by atoms with Gasteiger partial charge in [0, 0.05) is 56.1 Å². The van der Waals surface area contributed by atoms with E-state index in [2.05, 4.69) is 10.2 Å². The molecule has 174 valence electrons. The zero-order chi connectivity index (χ0) is 23.8. The Balaban J connectivity index is 1.74. The van der Waals surface area contributed by atoms with Gasteiger partial charge in [0.05, 0.1) is 10.5 Å². The highest BCUT2D eigenvalue weighted by atomic mass is 32.2. The van der Waals surface area contributed by atoms with Crippen LogP contribution in [0.15, 0.2) is 56.6 Å². The molecule has 0 bridgehead atoms. The fourth-order valence-corrected chi connectivity index (χ4v) is 5.01. The Labute approximate surface area is 192 Å². The third kappa shape index (κ3) is 4.65. The minimum Gasteiger partial charge on any atom is -0.423 e. The summed E-state index contributed by atoms with van der Waals surface area (Å²) in [6.45, 7) is 3.43. The Bertz CT molecular complexity index is 1370. The highest BCUT2D eigenvalue weighted by Crippen LogP contribution is 2.29. The molecule has 1 aliphatic rings. The number of fused-ring (bicyclic) bond motifs is 1. The third-order valence-corrected chi connectivity index (χ3v) is 7.71. The van der Waals surface area contributed by atoms with Crippen LogP contribution in [-0.2, 0) is 10.0 Å². The van der Waals surface area contributed by atoms with Gasteiger partial charge in [-0.25, -0.2) is 17.5 Å². The maximum atomic E-state index is 13.4. The Hall–Kier alpha value is -3.17. The number of aryl methyl sites for hydroxylation is 1. The quantitative estimate of drug-likeness (QED) is 0.573. The SMILES string of the molecule is Cc1cc(=O)oc2cc(NC(=O)c3cc(S(=O)(=O)N(C)C)ccc3N3CCCCC3)ccc12. The van der Waals surface area contributed by atoms with Gasteiger partial charge in [-0.1, -0.05) is 0 Å². The van der Waals surface area contributed by atoms with Gasteiger partial charge >= 0.3 is 5.63 Å². The van der Waals surface area contributed by atoms with E-state index in [1.54, 1.807) is 30.3 Å². The summed E-state index contributed by atoms with van der Waals surface area (Å²) < 4.78 is 31.8. The first-order valence-electron chi connectivity index (χ1n) is 10.8. The molecule has 0 aliphatic carbocycles. The van der Waals surface area contributed by atoms with Gasteiger partial charge in [0.2, 0.25) is 10.0 Å². The summed E-state index contributed by atoms with van der Waals surface area (Å²) >= 11 is 0. The van der Waals surface area contributed by atoms with E-state index in [1.165, 1.54) is 26.2 Å². The predicted molar refractivity (Wildman–Crippen MR) is 129 cm³/mol. The van der Waals surface area contributed by atoms with Crippen LogP contribution in [0.2, 0.25) is 0 Å². The molecule has 3 aromatic rings. The van der Waals surface area contributed by atoms with Gasteiger partial charge in [-0.15, -0.1) is 0 Å². The van der Waals surface area contributed by atoms with Gasteiger partial charge in [-0.2, -0.15) is 0 Å². The smallest absolute Gasteiger partial charge is 0.336 e. The standard InChI is InChI=1S/C24H27N3O5S/c1-16-13-23(28)32-22-14-17(7-9-19(16)22)25-24(29)20-15-18(33(30,31)26(2)3)8-10-21(20)27-11-5-4-6-12-27/h7-10,13-15H,4-6,11-12H2,1-3H3,(H,25,29). The lowest BCUT2D eigenvalue weighted by Crippen LogP contribution is -2.32. The summed E-state index contributed by atoms with van der Waals surface area (Å²) in [6.07, 6.45) is 3.16. The molecule has 1 saturated heterocycles. The first-order chi connectivity index (χ1) is 15.7. The van der Waals surface area contributed by atoms with Crippen LogP contribution in [0.4, 0.5) is 11.4 Å². The van der Waals surface area contributed by atoms with Crippen LogP contribution in [0.25, 0.3) is 11.0 Å². The van der Waals surface area contributed by atoms with E-state index in [9.17, 15) is 18.0 Å². The molecular formula is C24H27N3O5S. The minimum absolute atomic E-state index is 0.0542. The molecule has 1 N–H and O–H groups in total. The van der Waals surface area contributed by atoms with E-state index < -0.39 is 21.6 Å². The molecule has 0 atom stereocenters. The van der Waals surface area contributed by atoms with Crippen molar-refractivity contribution < 1.29 is 17.6 Å². The molecule has 4 rings (SSSR count). The number of anilines is 2. The first-order valence-corrected chi connectivity index (χ1v) is 12.3. The second kappa shape index (κ2) is 8.99.